The average Bonchev–Trinajstić information content (AvgIpc) is 2.17. The van der Waals surface area contributed by atoms with Gasteiger partial charge in [-0.2, -0.15) is 0 Å². The monoisotopic (exact) mass is 197 g/mol. The Balaban J connectivity index is 3.27. The third kappa shape index (κ3) is 2.04. The summed E-state index contributed by atoms with van der Waals surface area (Å²) in [5.74, 6) is 0. The fourth-order valence-electron chi connectivity index (χ4n) is 1.68. The molecule has 72 valence electrons. The third-order valence-corrected chi connectivity index (χ3v) is 2.76. The molecule has 1 rings (SSSR count). The van der Waals surface area contributed by atoms with Gasteiger partial charge < -0.3 is 5.73 Å². The van der Waals surface area contributed by atoms with Crippen molar-refractivity contribution in [1.29, 1.82) is 0 Å². The van der Waals surface area contributed by atoms with Gasteiger partial charge in [0, 0.05) is 11.6 Å². The van der Waals surface area contributed by atoms with Crippen LogP contribution in [0.3, 0.4) is 0 Å². The topological polar surface area (TPSA) is 26.0 Å². The smallest absolute Gasteiger partial charge is 0.0441 e. The minimum absolute atomic E-state index is 0.590. The standard InChI is InChI=1S/C11H16ClN/c1-3-8-5-6-11(12)9(4-2)10(8)7-13/h5-6H,3-4,7,13H2,1-2H3. The molecule has 1 aromatic carbocycles. The van der Waals surface area contributed by atoms with Gasteiger partial charge >= 0.3 is 0 Å². The Bertz CT molecular complexity index is 294. The van der Waals surface area contributed by atoms with E-state index in [4.69, 9.17) is 17.3 Å². The molecule has 13 heavy (non-hydrogen) atoms. The molecule has 2 N–H and O–H groups in total. The van der Waals surface area contributed by atoms with Crippen LogP contribution in [0.2, 0.25) is 5.02 Å². The Morgan fingerprint density at radius 3 is 2.31 bits per heavy atom. The molecule has 0 saturated heterocycles. The number of hydrogen-bond donors (Lipinski definition) is 1. The number of nitrogens with two attached hydrogens (primary N) is 1. The summed E-state index contributed by atoms with van der Waals surface area (Å²) in [6, 6.07) is 4.04. The van der Waals surface area contributed by atoms with Gasteiger partial charge in [0.1, 0.15) is 0 Å². The molecule has 2 heteroatoms. The average molecular weight is 198 g/mol. The first kappa shape index (κ1) is 10.6. The van der Waals surface area contributed by atoms with Crippen molar-refractivity contribution in [3.05, 3.63) is 33.8 Å². The summed E-state index contributed by atoms with van der Waals surface area (Å²) in [7, 11) is 0. The van der Waals surface area contributed by atoms with Gasteiger partial charge in [0.25, 0.3) is 0 Å². The van der Waals surface area contributed by atoms with Crippen molar-refractivity contribution in [2.45, 2.75) is 33.2 Å². The van der Waals surface area contributed by atoms with E-state index in [1.165, 1.54) is 16.7 Å². The Kier molecular flexibility index (Phi) is 3.76. The molecule has 0 bridgehead atoms. The van der Waals surface area contributed by atoms with E-state index >= 15 is 0 Å². The second-order valence-electron chi connectivity index (χ2n) is 3.07. The maximum Gasteiger partial charge on any atom is 0.0441 e. The van der Waals surface area contributed by atoms with Crippen LogP contribution in [0.25, 0.3) is 0 Å². The highest BCUT2D eigenvalue weighted by Crippen LogP contribution is 2.24. The highest BCUT2D eigenvalue weighted by molar-refractivity contribution is 6.31. The summed E-state index contributed by atoms with van der Waals surface area (Å²) in [5, 5.41) is 0.847. The zero-order valence-corrected chi connectivity index (χ0v) is 8.99. The molecule has 0 amide bonds. The molecule has 0 saturated carbocycles. The molecule has 0 heterocycles. The highest BCUT2D eigenvalue weighted by atomic mass is 35.5. The molecule has 1 aromatic rings. The van der Waals surface area contributed by atoms with Crippen LogP contribution < -0.4 is 5.73 Å². The molecule has 0 unspecified atom stereocenters. The number of hydrogen-bond acceptors (Lipinski definition) is 1. The summed E-state index contributed by atoms with van der Waals surface area (Å²) in [4.78, 5) is 0. The lowest BCUT2D eigenvalue weighted by Crippen LogP contribution is -2.05. The molecule has 0 aliphatic rings. The van der Waals surface area contributed by atoms with Crippen LogP contribution in [0.15, 0.2) is 12.1 Å². The van der Waals surface area contributed by atoms with E-state index in [9.17, 15) is 0 Å². The Labute approximate surface area is 84.9 Å². The number of benzene rings is 1. The second-order valence-corrected chi connectivity index (χ2v) is 3.48. The molecule has 0 fully saturated rings. The maximum atomic E-state index is 6.08. The van der Waals surface area contributed by atoms with E-state index in [2.05, 4.69) is 19.9 Å². The van der Waals surface area contributed by atoms with Crippen molar-refractivity contribution in [3.63, 3.8) is 0 Å². The Hall–Kier alpha value is -0.530. The van der Waals surface area contributed by atoms with E-state index in [1.54, 1.807) is 0 Å². The van der Waals surface area contributed by atoms with Crippen molar-refractivity contribution in [1.82, 2.24) is 0 Å². The van der Waals surface area contributed by atoms with E-state index < -0.39 is 0 Å². The Morgan fingerprint density at radius 2 is 1.85 bits per heavy atom. The first-order chi connectivity index (χ1) is 6.24. The van der Waals surface area contributed by atoms with Crippen LogP contribution in [0.1, 0.15) is 30.5 Å². The van der Waals surface area contributed by atoms with Crippen molar-refractivity contribution >= 4 is 11.6 Å². The molecule has 0 aliphatic carbocycles. The van der Waals surface area contributed by atoms with Crippen LogP contribution in [-0.2, 0) is 19.4 Å². The van der Waals surface area contributed by atoms with Gasteiger partial charge in [-0.15, -0.1) is 0 Å². The van der Waals surface area contributed by atoms with Gasteiger partial charge in [0.05, 0.1) is 0 Å². The van der Waals surface area contributed by atoms with Gasteiger partial charge in [-0.3, -0.25) is 0 Å². The van der Waals surface area contributed by atoms with Crippen molar-refractivity contribution in [2.24, 2.45) is 5.73 Å². The minimum atomic E-state index is 0.590. The van der Waals surface area contributed by atoms with Crippen LogP contribution in [0, 0.1) is 0 Å². The van der Waals surface area contributed by atoms with Gasteiger partial charge in [-0.05, 0) is 35.6 Å². The number of aryl methyl sites for hydroxylation is 1. The third-order valence-electron chi connectivity index (χ3n) is 2.41. The van der Waals surface area contributed by atoms with Crippen LogP contribution in [0.4, 0.5) is 0 Å². The summed E-state index contributed by atoms with van der Waals surface area (Å²) in [6.45, 7) is 4.84. The first-order valence-electron chi connectivity index (χ1n) is 4.73. The summed E-state index contributed by atoms with van der Waals surface area (Å²) >= 11 is 6.08. The zero-order valence-electron chi connectivity index (χ0n) is 8.23. The van der Waals surface area contributed by atoms with Crippen LogP contribution in [-0.4, -0.2) is 0 Å². The van der Waals surface area contributed by atoms with E-state index in [0.717, 1.165) is 17.9 Å². The molecule has 0 radical (unpaired) electrons. The summed E-state index contributed by atoms with van der Waals surface area (Å²) < 4.78 is 0. The maximum absolute atomic E-state index is 6.08. The van der Waals surface area contributed by atoms with Gasteiger partial charge in [-0.25, -0.2) is 0 Å². The Morgan fingerprint density at radius 1 is 1.15 bits per heavy atom. The van der Waals surface area contributed by atoms with Gasteiger partial charge in [0.2, 0.25) is 0 Å². The molecular weight excluding hydrogens is 182 g/mol. The first-order valence-corrected chi connectivity index (χ1v) is 5.11. The fourth-order valence-corrected chi connectivity index (χ4v) is 1.99. The van der Waals surface area contributed by atoms with Gasteiger partial charge in [-0.1, -0.05) is 31.5 Å². The molecule has 0 atom stereocenters. The lowest BCUT2D eigenvalue weighted by Gasteiger charge is -2.12. The van der Waals surface area contributed by atoms with Crippen molar-refractivity contribution < 1.29 is 0 Å². The van der Waals surface area contributed by atoms with Gasteiger partial charge in [0.15, 0.2) is 0 Å². The summed E-state index contributed by atoms with van der Waals surface area (Å²) in [5.41, 5.74) is 9.48. The number of halogens is 1. The quantitative estimate of drug-likeness (QED) is 0.793. The lowest BCUT2D eigenvalue weighted by atomic mass is 9.97. The molecule has 0 aliphatic heterocycles. The second kappa shape index (κ2) is 4.64. The van der Waals surface area contributed by atoms with E-state index in [0.29, 0.717) is 6.54 Å². The van der Waals surface area contributed by atoms with Crippen LogP contribution in [0.5, 0.6) is 0 Å². The molecule has 0 aromatic heterocycles. The SMILES string of the molecule is CCc1ccc(Cl)c(CC)c1CN. The van der Waals surface area contributed by atoms with Crippen molar-refractivity contribution in [2.75, 3.05) is 0 Å². The highest BCUT2D eigenvalue weighted by Gasteiger charge is 2.07. The molecular formula is C11H16ClN. The summed E-state index contributed by atoms with van der Waals surface area (Å²) in [6.07, 6.45) is 1.98. The predicted molar refractivity (Wildman–Crippen MR) is 58.1 cm³/mol. The normalized spacial score (nSPS) is 10.5. The van der Waals surface area contributed by atoms with Crippen molar-refractivity contribution in [3.8, 4) is 0 Å². The van der Waals surface area contributed by atoms with E-state index in [1.807, 2.05) is 6.07 Å². The predicted octanol–water partition coefficient (Wildman–Crippen LogP) is 2.92. The van der Waals surface area contributed by atoms with Crippen LogP contribution >= 0.6 is 11.6 Å². The lowest BCUT2D eigenvalue weighted by molar-refractivity contribution is 0.956. The molecule has 1 nitrogen and oxygen atoms in total. The fraction of sp³-hybridized carbons (Fsp3) is 0.455. The zero-order chi connectivity index (χ0) is 9.84. The van der Waals surface area contributed by atoms with E-state index in [-0.39, 0.29) is 0 Å². The number of rotatable bonds is 3. The molecule has 0 spiro atoms. The largest absolute Gasteiger partial charge is 0.326 e. The minimum Gasteiger partial charge on any atom is -0.326 e.